The quantitative estimate of drug-likeness (QED) is 0.117. The van der Waals surface area contributed by atoms with Crippen molar-refractivity contribution in [1.82, 2.24) is 0 Å². The Bertz CT molecular complexity index is 2290. The number of hydrogen-bond donors (Lipinski definition) is 0. The number of fused-ring (bicyclic) bond motifs is 2. The van der Waals surface area contributed by atoms with Crippen LogP contribution in [0.5, 0.6) is 0 Å². The summed E-state index contributed by atoms with van der Waals surface area (Å²) >= 11 is -5.26. The van der Waals surface area contributed by atoms with Gasteiger partial charge in [-0.1, -0.05) is 0 Å². The second-order valence-corrected chi connectivity index (χ2v) is 68.6. The average Bonchev–Trinajstić information content (AvgIpc) is 3.94. The normalized spacial score (nSPS) is 21.7. The topological polar surface area (TPSA) is 0 Å². The summed E-state index contributed by atoms with van der Waals surface area (Å²) in [5.41, 5.74) is 17.8. The van der Waals surface area contributed by atoms with E-state index in [0.29, 0.717) is 0 Å². The van der Waals surface area contributed by atoms with Gasteiger partial charge in [0.2, 0.25) is 0 Å². The number of halogens is 2. The second-order valence-electron chi connectivity index (χ2n) is 26.1. The van der Waals surface area contributed by atoms with Crippen molar-refractivity contribution in [2.24, 2.45) is 10.8 Å². The summed E-state index contributed by atoms with van der Waals surface area (Å²) in [6, 6.07) is 33.6. The molecule has 0 saturated heterocycles. The molecule has 4 aromatic rings. The standard InChI is InChI=1S/2C32H43.C2H7Si.2ClH.Zr/c2*1-5-19-32(20-10-8-6-7-9-11-21-32)24-25-22-27-13-12-14-29(30(27)23-25)26-15-17-28(18-16-26)31(2,3)4;1-3-2;;;/h2*12-18,22-23H,5-11,19-21,24H2,1-4H3;3H,1-2H3;2*1H;/q;;;;;+2/p-2. The third-order valence-corrected chi connectivity index (χ3v) is 70.5. The maximum absolute atomic E-state index is 9.53. The van der Waals surface area contributed by atoms with Gasteiger partial charge in [-0.2, -0.15) is 0 Å². The summed E-state index contributed by atoms with van der Waals surface area (Å²) < 4.78 is 0.164. The second kappa shape index (κ2) is 22.1. The van der Waals surface area contributed by atoms with Gasteiger partial charge in [0.1, 0.15) is 0 Å². The molecule has 4 heteroatoms. The molecule has 0 N–H and O–H groups in total. The van der Waals surface area contributed by atoms with Gasteiger partial charge in [-0.25, -0.2) is 0 Å². The monoisotopic (exact) mass is 1070 g/mol. The molecule has 379 valence electrons. The Kier molecular flexibility index (Phi) is 17.1. The van der Waals surface area contributed by atoms with Gasteiger partial charge in [-0.05, 0) is 0 Å². The molecule has 0 nitrogen and oxygen atoms in total. The van der Waals surface area contributed by atoms with E-state index in [2.05, 4.69) is 166 Å². The molecule has 4 aromatic carbocycles. The molecule has 0 aliphatic heterocycles. The molecule has 4 aliphatic carbocycles. The summed E-state index contributed by atoms with van der Waals surface area (Å²) in [6.07, 6.45) is 34.4. The van der Waals surface area contributed by atoms with Crippen molar-refractivity contribution in [2.45, 2.75) is 228 Å². The van der Waals surface area contributed by atoms with E-state index in [4.69, 9.17) is 0 Å². The molecule has 2 fully saturated rings. The predicted molar refractivity (Wildman–Crippen MR) is 311 cm³/mol. The molecule has 2 unspecified atom stereocenters. The van der Waals surface area contributed by atoms with Crippen molar-refractivity contribution in [3.05, 3.63) is 129 Å². The molecule has 70 heavy (non-hydrogen) atoms. The van der Waals surface area contributed by atoms with Crippen LogP contribution in [0.4, 0.5) is 0 Å². The van der Waals surface area contributed by atoms with E-state index in [-0.39, 0.29) is 28.9 Å². The average molecular weight is 1080 g/mol. The van der Waals surface area contributed by atoms with E-state index in [1.165, 1.54) is 184 Å². The zero-order chi connectivity index (χ0) is 50.0. The number of rotatable bonds is 13. The third-order valence-electron chi connectivity index (χ3n) is 18.7. The molecule has 0 spiro atoms. The van der Waals surface area contributed by atoms with Crippen LogP contribution in [0.1, 0.15) is 237 Å². The van der Waals surface area contributed by atoms with Crippen LogP contribution in [-0.4, -0.2) is 5.92 Å². The molecule has 2 atom stereocenters. The Labute approximate surface area is 437 Å². The van der Waals surface area contributed by atoms with Crippen molar-refractivity contribution < 1.29 is 15.6 Å². The first kappa shape index (κ1) is 54.3. The van der Waals surface area contributed by atoms with Crippen molar-refractivity contribution >= 4 is 35.1 Å². The first-order valence-electron chi connectivity index (χ1n) is 28.8. The zero-order valence-corrected chi connectivity index (χ0v) is 50.9. The fourth-order valence-electron chi connectivity index (χ4n) is 14.8. The minimum atomic E-state index is -5.26. The van der Waals surface area contributed by atoms with Crippen molar-refractivity contribution in [3.63, 3.8) is 0 Å². The number of hydrogen-bond acceptors (Lipinski definition) is 0. The third kappa shape index (κ3) is 11.2. The number of benzene rings is 4. The van der Waals surface area contributed by atoms with Crippen LogP contribution in [0.2, 0.25) is 13.1 Å². The Hall–Kier alpha value is -1.96. The molecule has 0 heterocycles. The van der Waals surface area contributed by atoms with Crippen molar-refractivity contribution in [2.75, 3.05) is 0 Å². The fraction of sp³-hybridized carbons (Fsp3) is 0.576. The molecule has 0 amide bonds. The predicted octanol–water partition coefficient (Wildman–Crippen LogP) is 21.8. The van der Waals surface area contributed by atoms with E-state index in [0.717, 1.165) is 12.8 Å². The van der Waals surface area contributed by atoms with Gasteiger partial charge in [-0.3, -0.25) is 0 Å². The molecular formula is C66H93Cl2SiZr. The minimum absolute atomic E-state index is 0.0818. The molecule has 0 aromatic heterocycles. The SMILES string of the molecule is CCCC1(CC2=Cc3c(-c4ccc(C(C)(C)C)cc4)cccc3[CH]2[Zr]([Cl])([Cl])([CH]2C(CC3(CCC)CCCCCCCC3)=Cc3c(-c4ccc(C(C)(C)C)cc4)cccc32)[SiH](C)C)CCCCCCCC1. The van der Waals surface area contributed by atoms with Gasteiger partial charge in [-0.15, -0.1) is 0 Å². The molecule has 2 saturated carbocycles. The van der Waals surface area contributed by atoms with E-state index >= 15 is 0 Å². The van der Waals surface area contributed by atoms with E-state index in [1.807, 2.05) is 0 Å². The van der Waals surface area contributed by atoms with Gasteiger partial charge in [0.05, 0.1) is 0 Å². The summed E-state index contributed by atoms with van der Waals surface area (Å²) in [6.45, 7) is 24.1. The summed E-state index contributed by atoms with van der Waals surface area (Å²) in [7, 11) is 19.1. The Morgan fingerprint density at radius 3 is 1.11 bits per heavy atom. The summed E-state index contributed by atoms with van der Waals surface area (Å²) in [5.74, 6) is -1.83. The van der Waals surface area contributed by atoms with Gasteiger partial charge < -0.3 is 0 Å². The Balaban J connectivity index is 1.37. The van der Waals surface area contributed by atoms with Gasteiger partial charge in [0.15, 0.2) is 0 Å². The van der Waals surface area contributed by atoms with E-state index < -0.39 is 21.5 Å². The summed E-state index contributed by atoms with van der Waals surface area (Å²) in [5, 5.41) is 0. The van der Waals surface area contributed by atoms with Crippen LogP contribution in [-0.2, 0) is 26.4 Å². The molecule has 0 bridgehead atoms. The van der Waals surface area contributed by atoms with Crippen LogP contribution in [0.3, 0.4) is 0 Å². The van der Waals surface area contributed by atoms with Gasteiger partial charge in [0, 0.05) is 0 Å². The Morgan fingerprint density at radius 2 is 0.814 bits per heavy atom. The Morgan fingerprint density at radius 1 is 0.486 bits per heavy atom. The van der Waals surface area contributed by atoms with Crippen LogP contribution in [0.25, 0.3) is 34.4 Å². The van der Waals surface area contributed by atoms with Gasteiger partial charge in [0.25, 0.3) is 0 Å². The van der Waals surface area contributed by atoms with Crippen LogP contribution < -0.4 is 0 Å². The first-order valence-corrected chi connectivity index (χ1v) is 45.1. The van der Waals surface area contributed by atoms with Gasteiger partial charge >= 0.3 is 441 Å². The molecular weight excluding hydrogens is 983 g/mol. The van der Waals surface area contributed by atoms with Crippen LogP contribution >= 0.6 is 17.0 Å². The van der Waals surface area contributed by atoms with Crippen LogP contribution in [0, 0.1) is 10.8 Å². The first-order chi connectivity index (χ1) is 33.3. The van der Waals surface area contributed by atoms with Crippen molar-refractivity contribution in [1.29, 1.82) is 0 Å². The maximum atomic E-state index is 9.53. The van der Waals surface area contributed by atoms with E-state index in [9.17, 15) is 17.0 Å². The molecule has 8 rings (SSSR count). The van der Waals surface area contributed by atoms with Crippen LogP contribution in [0.15, 0.2) is 96.1 Å². The zero-order valence-electron chi connectivity index (χ0n) is 45.8. The molecule has 4 aliphatic rings. The van der Waals surface area contributed by atoms with E-state index in [1.54, 1.807) is 11.1 Å². The van der Waals surface area contributed by atoms with Crippen molar-refractivity contribution in [3.8, 4) is 22.3 Å². The number of allylic oxidation sites excluding steroid dienone is 2. The summed E-state index contributed by atoms with van der Waals surface area (Å²) in [4.78, 5) is 0. The fourth-order valence-corrected chi connectivity index (χ4v) is 46.1. The molecule has 0 radical (unpaired) electrons.